The zero-order valence-corrected chi connectivity index (χ0v) is 13.1. The Morgan fingerprint density at radius 3 is 2.61 bits per heavy atom. The fraction of sp³-hybridized carbons (Fsp3) is 0.235. The Bertz CT molecular complexity index is 912. The summed E-state index contributed by atoms with van der Waals surface area (Å²) in [5, 5.41) is 0. The molecule has 3 rings (SSSR count). The molecule has 6 heteroatoms. The van der Waals surface area contributed by atoms with Crippen molar-refractivity contribution in [2.45, 2.75) is 26.5 Å². The number of nitrogens with two attached hydrogens (primary N) is 1. The molecule has 0 saturated carbocycles. The summed E-state index contributed by atoms with van der Waals surface area (Å²) in [7, 11) is 0. The molecule has 6 nitrogen and oxygen atoms in total. The van der Waals surface area contributed by atoms with E-state index in [1.54, 1.807) is 24.5 Å². The highest BCUT2D eigenvalue weighted by molar-refractivity contribution is 6.08. The van der Waals surface area contributed by atoms with Crippen LogP contribution in [0.15, 0.2) is 36.9 Å². The second-order valence-electron chi connectivity index (χ2n) is 5.50. The lowest BCUT2D eigenvalue weighted by Gasteiger charge is -2.08. The van der Waals surface area contributed by atoms with Crippen LogP contribution in [-0.2, 0) is 11.3 Å². The molecule has 0 aliphatic carbocycles. The molecule has 3 aromatic rings. The predicted molar refractivity (Wildman–Crippen MR) is 90.2 cm³/mol. The quantitative estimate of drug-likeness (QED) is 0.592. The average Bonchev–Trinajstić information content (AvgIpc) is 2.77. The number of aromatic nitrogens is 3. The van der Waals surface area contributed by atoms with Crippen molar-refractivity contribution >= 4 is 34.0 Å². The lowest BCUT2D eigenvalue weighted by atomic mass is 10.2. The fourth-order valence-electron chi connectivity index (χ4n) is 2.51. The second kappa shape index (κ2) is 5.72. The number of benzene rings is 1. The van der Waals surface area contributed by atoms with Gasteiger partial charge in [0, 0.05) is 6.54 Å². The Labute approximate surface area is 133 Å². The second-order valence-corrected chi connectivity index (χ2v) is 5.50. The van der Waals surface area contributed by atoms with E-state index in [0.29, 0.717) is 29.0 Å². The van der Waals surface area contributed by atoms with E-state index in [0.717, 1.165) is 5.52 Å². The van der Waals surface area contributed by atoms with Gasteiger partial charge in [0.2, 0.25) is 0 Å². The normalized spacial score (nSPS) is 11.3. The Balaban J connectivity index is 2.33. The summed E-state index contributed by atoms with van der Waals surface area (Å²) in [4.78, 5) is 21.6. The number of allylic oxidation sites excluding steroid dienone is 1. The van der Waals surface area contributed by atoms with Crippen molar-refractivity contribution < 1.29 is 9.53 Å². The number of hydrogen-bond acceptors (Lipinski definition) is 5. The number of hydrogen-bond donors (Lipinski definition) is 1. The van der Waals surface area contributed by atoms with Crippen molar-refractivity contribution in [3.63, 3.8) is 0 Å². The van der Waals surface area contributed by atoms with Crippen LogP contribution in [0.3, 0.4) is 0 Å². The van der Waals surface area contributed by atoms with Crippen molar-refractivity contribution in [3.8, 4) is 0 Å². The third-order valence-corrected chi connectivity index (χ3v) is 3.45. The molecule has 0 unspecified atom stereocenters. The average molecular weight is 310 g/mol. The van der Waals surface area contributed by atoms with Crippen molar-refractivity contribution in [1.29, 1.82) is 0 Å². The SMILES string of the molecule is C=CCn1c(N)c(C(=O)OC(C)C)c2nc3ccccc3nc21. The molecule has 2 heterocycles. The summed E-state index contributed by atoms with van der Waals surface area (Å²) in [6.07, 6.45) is 1.46. The van der Waals surface area contributed by atoms with Gasteiger partial charge in [0.15, 0.2) is 5.65 Å². The van der Waals surface area contributed by atoms with Gasteiger partial charge >= 0.3 is 5.97 Å². The molecule has 0 saturated heterocycles. The van der Waals surface area contributed by atoms with Crippen LogP contribution in [0.2, 0.25) is 0 Å². The van der Waals surface area contributed by atoms with Gasteiger partial charge in [-0.3, -0.25) is 0 Å². The minimum Gasteiger partial charge on any atom is -0.459 e. The molecule has 2 N–H and O–H groups in total. The molecule has 0 amide bonds. The highest BCUT2D eigenvalue weighted by Crippen LogP contribution is 2.28. The summed E-state index contributed by atoms with van der Waals surface area (Å²) in [6, 6.07) is 7.48. The summed E-state index contributed by atoms with van der Waals surface area (Å²) < 4.78 is 7.02. The maximum Gasteiger partial charge on any atom is 0.344 e. The topological polar surface area (TPSA) is 83.0 Å². The van der Waals surface area contributed by atoms with Crippen LogP contribution in [0, 0.1) is 0 Å². The predicted octanol–water partition coefficient (Wildman–Crippen LogP) is 2.92. The molecule has 23 heavy (non-hydrogen) atoms. The lowest BCUT2D eigenvalue weighted by molar-refractivity contribution is 0.0381. The standard InChI is InChI=1S/C17H18N4O2/c1-4-9-21-15(18)13(17(22)23-10(2)3)14-16(21)20-12-8-6-5-7-11(12)19-14/h4-8,10H,1,9,18H2,2-3H3. The van der Waals surface area contributed by atoms with Gasteiger partial charge in [-0.25, -0.2) is 14.8 Å². The lowest BCUT2D eigenvalue weighted by Crippen LogP contribution is -2.14. The van der Waals surface area contributed by atoms with Gasteiger partial charge in [0.1, 0.15) is 16.9 Å². The number of para-hydroxylation sites is 2. The first-order valence-corrected chi connectivity index (χ1v) is 7.39. The van der Waals surface area contributed by atoms with E-state index in [1.807, 2.05) is 24.3 Å². The molecule has 0 spiro atoms. The molecular formula is C17H18N4O2. The summed E-state index contributed by atoms with van der Waals surface area (Å²) in [5.41, 5.74) is 8.88. The van der Waals surface area contributed by atoms with Crippen LogP contribution < -0.4 is 5.73 Å². The van der Waals surface area contributed by atoms with Crippen LogP contribution in [-0.4, -0.2) is 26.6 Å². The Hall–Kier alpha value is -2.89. The van der Waals surface area contributed by atoms with Gasteiger partial charge in [0.05, 0.1) is 17.1 Å². The van der Waals surface area contributed by atoms with Crippen molar-refractivity contribution in [2.75, 3.05) is 5.73 Å². The molecule has 0 aliphatic rings. The van der Waals surface area contributed by atoms with Crippen molar-refractivity contribution in [1.82, 2.24) is 14.5 Å². The first-order chi connectivity index (χ1) is 11.0. The minimum absolute atomic E-state index is 0.242. The number of carbonyl (C=O) groups excluding carboxylic acids is 1. The summed E-state index contributed by atoms with van der Waals surface area (Å²) in [5.74, 6) is -0.198. The zero-order chi connectivity index (χ0) is 16.6. The van der Waals surface area contributed by atoms with E-state index in [9.17, 15) is 4.79 Å². The first-order valence-electron chi connectivity index (χ1n) is 7.39. The fourth-order valence-corrected chi connectivity index (χ4v) is 2.51. The Morgan fingerprint density at radius 1 is 1.35 bits per heavy atom. The Morgan fingerprint density at radius 2 is 2.00 bits per heavy atom. The number of nitrogen functional groups attached to an aromatic ring is 1. The molecule has 0 atom stereocenters. The molecule has 118 valence electrons. The number of nitrogens with zero attached hydrogens (tertiary/aromatic N) is 3. The largest absolute Gasteiger partial charge is 0.459 e. The maximum atomic E-state index is 12.4. The minimum atomic E-state index is -0.491. The molecule has 0 fully saturated rings. The number of fused-ring (bicyclic) bond motifs is 2. The zero-order valence-electron chi connectivity index (χ0n) is 13.1. The van der Waals surface area contributed by atoms with E-state index in [2.05, 4.69) is 16.5 Å². The van der Waals surface area contributed by atoms with Gasteiger partial charge < -0.3 is 15.0 Å². The van der Waals surface area contributed by atoms with Crippen molar-refractivity contribution in [3.05, 3.63) is 42.5 Å². The highest BCUT2D eigenvalue weighted by Gasteiger charge is 2.25. The third kappa shape index (κ3) is 2.52. The third-order valence-electron chi connectivity index (χ3n) is 3.45. The van der Waals surface area contributed by atoms with Gasteiger partial charge in [-0.2, -0.15) is 0 Å². The van der Waals surface area contributed by atoms with E-state index in [4.69, 9.17) is 10.5 Å². The number of ether oxygens (including phenoxy) is 1. The van der Waals surface area contributed by atoms with Crippen LogP contribution in [0.25, 0.3) is 22.2 Å². The van der Waals surface area contributed by atoms with E-state index >= 15 is 0 Å². The molecule has 1 aromatic carbocycles. The first kappa shape index (κ1) is 15.0. The number of carbonyl (C=O) groups is 1. The van der Waals surface area contributed by atoms with Gasteiger partial charge in [-0.15, -0.1) is 6.58 Å². The Kier molecular flexibility index (Phi) is 3.73. The van der Waals surface area contributed by atoms with Gasteiger partial charge in [0.25, 0.3) is 0 Å². The van der Waals surface area contributed by atoms with Crippen LogP contribution in [0.4, 0.5) is 5.82 Å². The smallest absolute Gasteiger partial charge is 0.344 e. The molecular weight excluding hydrogens is 292 g/mol. The number of anilines is 1. The van der Waals surface area contributed by atoms with Crippen molar-refractivity contribution in [2.24, 2.45) is 0 Å². The summed E-state index contributed by atoms with van der Waals surface area (Å²) >= 11 is 0. The molecule has 0 bridgehead atoms. The number of rotatable bonds is 4. The maximum absolute atomic E-state index is 12.4. The molecule has 0 aliphatic heterocycles. The van der Waals surface area contributed by atoms with Crippen LogP contribution in [0.5, 0.6) is 0 Å². The van der Waals surface area contributed by atoms with Gasteiger partial charge in [-0.05, 0) is 26.0 Å². The molecule has 0 radical (unpaired) electrons. The van der Waals surface area contributed by atoms with E-state index in [1.165, 1.54) is 0 Å². The number of esters is 1. The van der Waals surface area contributed by atoms with E-state index < -0.39 is 5.97 Å². The van der Waals surface area contributed by atoms with Crippen LogP contribution >= 0.6 is 0 Å². The van der Waals surface area contributed by atoms with E-state index in [-0.39, 0.29) is 11.7 Å². The highest BCUT2D eigenvalue weighted by atomic mass is 16.5. The van der Waals surface area contributed by atoms with Gasteiger partial charge in [-0.1, -0.05) is 18.2 Å². The monoisotopic (exact) mass is 310 g/mol. The molecule has 2 aromatic heterocycles. The summed E-state index contributed by atoms with van der Waals surface area (Å²) in [6.45, 7) is 7.74. The van der Waals surface area contributed by atoms with Crippen LogP contribution in [0.1, 0.15) is 24.2 Å².